The van der Waals surface area contributed by atoms with E-state index in [1.807, 2.05) is 0 Å². The predicted molar refractivity (Wildman–Crippen MR) is 117 cm³/mol. The molecule has 0 amide bonds. The molecule has 2 unspecified atom stereocenters. The number of hydrogen-bond acceptors (Lipinski definition) is 3. The summed E-state index contributed by atoms with van der Waals surface area (Å²) < 4.78 is 15.1. The van der Waals surface area contributed by atoms with Gasteiger partial charge in [-0.2, -0.15) is 0 Å². The maximum atomic E-state index is 5.23. The molecule has 0 radical (unpaired) electrons. The molecule has 0 N–H and O–H groups in total. The van der Waals surface area contributed by atoms with Crippen LogP contribution in [-0.2, 0) is 20.6 Å². The average molecular weight is 389 g/mol. The number of hydrogen-bond donors (Lipinski definition) is 0. The van der Waals surface area contributed by atoms with Crippen LogP contribution in [0.2, 0.25) is 0 Å². The van der Waals surface area contributed by atoms with Crippen molar-refractivity contribution in [2.75, 3.05) is 26.4 Å². The molecule has 2 saturated heterocycles. The van der Waals surface area contributed by atoms with Gasteiger partial charge in [-0.15, -0.1) is 0 Å². The Morgan fingerprint density at radius 3 is 1.79 bits per heavy atom. The summed E-state index contributed by atoms with van der Waals surface area (Å²) >= 11 is 0. The van der Waals surface area contributed by atoms with Gasteiger partial charge in [0, 0.05) is 0 Å². The molecular formula is C26H28O3. The molecule has 2 aliphatic heterocycles. The molecule has 3 aromatic rings. The van der Waals surface area contributed by atoms with Crippen LogP contribution in [0.3, 0.4) is 0 Å². The highest BCUT2D eigenvalue weighted by atomic mass is 16.6. The Balaban J connectivity index is 0.000000188. The van der Waals surface area contributed by atoms with E-state index in [9.17, 15) is 0 Å². The summed E-state index contributed by atoms with van der Waals surface area (Å²) in [5.41, 5.74) is 6.61. The third kappa shape index (κ3) is 6.01. The molecule has 0 aliphatic carbocycles. The van der Waals surface area contributed by atoms with Gasteiger partial charge in [-0.25, -0.2) is 0 Å². The fraction of sp³-hybridized carbons (Fsp3) is 0.308. The van der Waals surface area contributed by atoms with E-state index in [4.69, 9.17) is 14.2 Å². The lowest BCUT2D eigenvalue weighted by atomic mass is 9.94. The predicted octanol–water partition coefficient (Wildman–Crippen LogP) is 5.38. The summed E-state index contributed by atoms with van der Waals surface area (Å²) in [6.45, 7) is 5.48. The van der Waals surface area contributed by atoms with Gasteiger partial charge in [-0.05, 0) is 34.2 Å². The first-order chi connectivity index (χ1) is 14.3. The summed E-state index contributed by atoms with van der Waals surface area (Å²) in [5.74, 6) is 0. The van der Waals surface area contributed by atoms with Crippen LogP contribution in [0.5, 0.6) is 0 Å². The number of rotatable bonds is 7. The maximum absolute atomic E-state index is 5.23. The Kier molecular flexibility index (Phi) is 6.73. The molecule has 2 heterocycles. The highest BCUT2D eigenvalue weighted by molar-refractivity contribution is 5.73. The highest BCUT2D eigenvalue weighted by Crippen LogP contribution is 2.29. The van der Waals surface area contributed by atoms with E-state index >= 15 is 0 Å². The van der Waals surface area contributed by atoms with Crippen LogP contribution in [0, 0.1) is 0 Å². The monoisotopic (exact) mass is 388 g/mol. The van der Waals surface area contributed by atoms with E-state index in [0.29, 0.717) is 12.2 Å². The van der Waals surface area contributed by atoms with Crippen molar-refractivity contribution in [3.8, 4) is 22.3 Å². The standard InChI is InChI=1S/C20H18.C6H10O3/c1-2-16-15-19(17-9-5-3-6-10-17)13-14-20(16)18-11-7-4-8-12-18;1(5-3-8-5)7-2-6-4-9-6/h3-15H,2H2,1H3;5-6H,1-4H2. The van der Waals surface area contributed by atoms with Gasteiger partial charge in [-0.3, -0.25) is 0 Å². The zero-order valence-corrected chi connectivity index (χ0v) is 16.9. The van der Waals surface area contributed by atoms with Crippen LogP contribution < -0.4 is 0 Å². The molecule has 3 heteroatoms. The Hall–Kier alpha value is -2.46. The first-order valence-corrected chi connectivity index (χ1v) is 10.4. The second kappa shape index (κ2) is 9.84. The third-order valence-electron chi connectivity index (χ3n) is 5.09. The maximum Gasteiger partial charge on any atom is 0.104 e. The summed E-state index contributed by atoms with van der Waals surface area (Å²) in [6.07, 6.45) is 1.83. The van der Waals surface area contributed by atoms with Crippen LogP contribution in [0.15, 0.2) is 78.9 Å². The topological polar surface area (TPSA) is 34.3 Å². The van der Waals surface area contributed by atoms with E-state index in [0.717, 1.165) is 32.8 Å². The number of epoxide rings is 2. The third-order valence-corrected chi connectivity index (χ3v) is 5.09. The van der Waals surface area contributed by atoms with E-state index in [1.54, 1.807) is 0 Å². The van der Waals surface area contributed by atoms with Crippen molar-refractivity contribution in [2.45, 2.75) is 25.6 Å². The smallest absolute Gasteiger partial charge is 0.104 e. The second-order valence-electron chi connectivity index (χ2n) is 7.41. The Morgan fingerprint density at radius 1 is 0.724 bits per heavy atom. The lowest BCUT2D eigenvalue weighted by Gasteiger charge is -2.11. The molecule has 2 fully saturated rings. The van der Waals surface area contributed by atoms with Gasteiger partial charge in [-0.1, -0.05) is 85.8 Å². The minimum atomic E-state index is 0.392. The minimum Gasteiger partial charge on any atom is -0.376 e. The van der Waals surface area contributed by atoms with Crippen LogP contribution in [0.25, 0.3) is 22.3 Å². The number of aryl methyl sites for hydroxylation is 1. The Morgan fingerprint density at radius 2 is 1.28 bits per heavy atom. The molecule has 0 aromatic heterocycles. The second-order valence-corrected chi connectivity index (χ2v) is 7.41. The normalized spacial score (nSPS) is 19.2. The molecule has 150 valence electrons. The van der Waals surface area contributed by atoms with Crippen molar-refractivity contribution in [2.24, 2.45) is 0 Å². The van der Waals surface area contributed by atoms with Gasteiger partial charge in [0.2, 0.25) is 0 Å². The van der Waals surface area contributed by atoms with Crippen molar-refractivity contribution >= 4 is 0 Å². The van der Waals surface area contributed by atoms with Gasteiger partial charge < -0.3 is 14.2 Å². The molecule has 0 spiro atoms. The molecule has 2 atom stereocenters. The van der Waals surface area contributed by atoms with Gasteiger partial charge in [0.1, 0.15) is 12.2 Å². The van der Waals surface area contributed by atoms with Gasteiger partial charge in [0.15, 0.2) is 0 Å². The molecule has 5 rings (SSSR count). The minimum absolute atomic E-state index is 0.392. The zero-order valence-electron chi connectivity index (χ0n) is 16.9. The van der Waals surface area contributed by atoms with Gasteiger partial charge in [0.05, 0.1) is 26.4 Å². The molecule has 29 heavy (non-hydrogen) atoms. The van der Waals surface area contributed by atoms with Crippen molar-refractivity contribution in [3.05, 3.63) is 84.4 Å². The van der Waals surface area contributed by atoms with Crippen molar-refractivity contribution in [1.29, 1.82) is 0 Å². The van der Waals surface area contributed by atoms with Crippen molar-refractivity contribution in [1.82, 2.24) is 0 Å². The Labute approximate surface area is 173 Å². The molecular weight excluding hydrogens is 360 g/mol. The SMILES string of the molecule is C(OCC1CO1)C1CO1.CCc1cc(-c2ccccc2)ccc1-c1ccccc1. The zero-order chi connectivity index (χ0) is 19.9. The first kappa shape index (κ1) is 19.8. The summed E-state index contributed by atoms with van der Waals surface area (Å²) in [7, 11) is 0. The van der Waals surface area contributed by atoms with E-state index in [1.165, 1.54) is 27.8 Å². The van der Waals surface area contributed by atoms with Crippen LogP contribution >= 0.6 is 0 Å². The largest absolute Gasteiger partial charge is 0.376 e. The fourth-order valence-electron chi connectivity index (χ4n) is 3.26. The summed E-state index contributed by atoms with van der Waals surface area (Å²) in [6, 6.07) is 28.0. The lowest BCUT2D eigenvalue weighted by molar-refractivity contribution is 0.102. The average Bonchev–Trinajstić information content (AvgIpc) is 3.71. The van der Waals surface area contributed by atoms with E-state index in [2.05, 4.69) is 85.8 Å². The van der Waals surface area contributed by atoms with Crippen molar-refractivity contribution in [3.63, 3.8) is 0 Å². The van der Waals surface area contributed by atoms with Gasteiger partial charge in [0.25, 0.3) is 0 Å². The summed E-state index contributed by atoms with van der Waals surface area (Å²) in [4.78, 5) is 0. The fourth-order valence-corrected chi connectivity index (χ4v) is 3.26. The molecule has 3 aromatic carbocycles. The van der Waals surface area contributed by atoms with E-state index < -0.39 is 0 Å². The van der Waals surface area contributed by atoms with Gasteiger partial charge >= 0.3 is 0 Å². The molecule has 2 aliphatic rings. The van der Waals surface area contributed by atoms with E-state index in [-0.39, 0.29) is 0 Å². The lowest BCUT2D eigenvalue weighted by Crippen LogP contribution is -2.06. The quantitative estimate of drug-likeness (QED) is 0.509. The van der Waals surface area contributed by atoms with Crippen LogP contribution in [-0.4, -0.2) is 38.6 Å². The van der Waals surface area contributed by atoms with Crippen LogP contribution in [0.1, 0.15) is 12.5 Å². The number of ether oxygens (including phenoxy) is 3. The van der Waals surface area contributed by atoms with Crippen molar-refractivity contribution < 1.29 is 14.2 Å². The Bertz CT molecular complexity index is 872. The first-order valence-electron chi connectivity index (χ1n) is 10.4. The number of benzene rings is 3. The summed E-state index contributed by atoms with van der Waals surface area (Å²) in [5, 5.41) is 0. The van der Waals surface area contributed by atoms with Crippen LogP contribution in [0.4, 0.5) is 0 Å². The molecule has 0 bridgehead atoms. The molecule has 0 saturated carbocycles. The molecule has 3 nitrogen and oxygen atoms in total. The highest BCUT2D eigenvalue weighted by Gasteiger charge is 2.26.